The molecule has 0 bridgehead atoms. The highest BCUT2D eigenvalue weighted by Gasteiger charge is 2.20. The largest absolute Gasteiger partial charge is 0.380 e. The standard InChI is InChI=1S/C24H17BrClN5O5S3/c25-13-9-17(37-12-13)11-27-15-3-6-18-19(10-15)29-24(34)31(22(18)32)16-4-1-14(2-5-16)28-23(33)30-39(35,36)21-8-7-20(26)38-21/h1-10,12,27H,11H2,(H,29,34)(H2,28,30,33). The number of anilines is 2. The smallest absolute Gasteiger partial charge is 0.333 e. The van der Waals surface area contributed by atoms with Crippen molar-refractivity contribution in [2.24, 2.45) is 0 Å². The van der Waals surface area contributed by atoms with Crippen molar-refractivity contribution in [3.63, 3.8) is 0 Å². The molecule has 0 fully saturated rings. The highest BCUT2D eigenvalue weighted by molar-refractivity contribution is 9.10. The summed E-state index contributed by atoms with van der Waals surface area (Å²) in [5.74, 6) is 0. The number of rotatable bonds is 7. The van der Waals surface area contributed by atoms with Gasteiger partial charge in [-0.05, 0) is 76.6 Å². The molecule has 10 nitrogen and oxygen atoms in total. The number of halogens is 2. The van der Waals surface area contributed by atoms with Crippen LogP contribution in [0.3, 0.4) is 0 Å². The van der Waals surface area contributed by atoms with E-state index in [2.05, 4.69) is 31.5 Å². The summed E-state index contributed by atoms with van der Waals surface area (Å²) in [6.07, 6.45) is 0. The fraction of sp³-hybridized carbons (Fsp3) is 0.0417. The number of hydrogen-bond donors (Lipinski definition) is 4. The Hall–Kier alpha value is -3.43. The topological polar surface area (TPSA) is 142 Å². The Balaban J connectivity index is 1.32. The van der Waals surface area contributed by atoms with Crippen LogP contribution in [-0.2, 0) is 16.6 Å². The molecule has 200 valence electrons. The van der Waals surface area contributed by atoms with Gasteiger partial charge < -0.3 is 15.6 Å². The van der Waals surface area contributed by atoms with Crippen LogP contribution in [0.15, 0.2) is 84.3 Å². The number of carbonyl (C=O) groups is 1. The van der Waals surface area contributed by atoms with Gasteiger partial charge >= 0.3 is 11.7 Å². The molecule has 39 heavy (non-hydrogen) atoms. The third-order valence-corrected chi connectivity index (χ3v) is 10.2. The van der Waals surface area contributed by atoms with Gasteiger partial charge in [-0.2, -0.15) is 0 Å². The molecule has 4 N–H and O–H groups in total. The van der Waals surface area contributed by atoms with E-state index in [4.69, 9.17) is 11.6 Å². The molecule has 0 atom stereocenters. The second-order valence-corrected chi connectivity index (χ2v) is 13.6. The first-order chi connectivity index (χ1) is 18.6. The van der Waals surface area contributed by atoms with Crippen LogP contribution < -0.4 is 26.6 Å². The SMILES string of the molecule is O=C(Nc1ccc(-n2c(=O)[nH]c3cc(NCc4cc(Br)cs4)ccc3c2=O)cc1)NS(=O)(=O)c1ccc(Cl)s1. The minimum absolute atomic E-state index is 0.105. The van der Waals surface area contributed by atoms with Crippen LogP contribution >= 0.6 is 50.2 Å². The number of nitrogens with zero attached hydrogens (tertiary/aromatic N) is 1. The lowest BCUT2D eigenvalue weighted by atomic mass is 10.2. The molecule has 0 unspecified atom stereocenters. The summed E-state index contributed by atoms with van der Waals surface area (Å²) in [7, 11) is -4.09. The van der Waals surface area contributed by atoms with E-state index in [1.807, 2.05) is 16.2 Å². The van der Waals surface area contributed by atoms with E-state index < -0.39 is 27.3 Å². The van der Waals surface area contributed by atoms with Crippen molar-refractivity contribution in [2.45, 2.75) is 10.8 Å². The molecule has 3 aromatic heterocycles. The van der Waals surface area contributed by atoms with Gasteiger partial charge in [0.15, 0.2) is 0 Å². The van der Waals surface area contributed by atoms with Gasteiger partial charge in [0.1, 0.15) is 4.21 Å². The first-order valence-electron chi connectivity index (χ1n) is 11.0. The molecule has 5 rings (SSSR count). The normalized spacial score (nSPS) is 11.4. The summed E-state index contributed by atoms with van der Waals surface area (Å²) in [6.45, 7) is 0.593. The number of aromatic nitrogens is 2. The lowest BCUT2D eigenvalue weighted by Crippen LogP contribution is -2.34. The molecular weight excluding hydrogens is 650 g/mol. The fourth-order valence-electron chi connectivity index (χ4n) is 3.66. The van der Waals surface area contributed by atoms with Gasteiger partial charge in [0.25, 0.3) is 15.6 Å². The lowest BCUT2D eigenvalue weighted by molar-refractivity contribution is 0.256. The molecule has 0 aliphatic carbocycles. The summed E-state index contributed by atoms with van der Waals surface area (Å²) < 4.78 is 28.6. The molecule has 15 heteroatoms. The van der Waals surface area contributed by atoms with Crippen LogP contribution in [0.4, 0.5) is 16.2 Å². The zero-order chi connectivity index (χ0) is 27.7. The molecule has 0 saturated heterocycles. The number of amides is 2. The summed E-state index contributed by atoms with van der Waals surface area (Å²) in [6, 6.07) is 14.6. The van der Waals surface area contributed by atoms with Crippen molar-refractivity contribution < 1.29 is 13.2 Å². The summed E-state index contributed by atoms with van der Waals surface area (Å²) >= 11 is 11.6. The molecule has 5 aromatic rings. The first-order valence-corrected chi connectivity index (χ1v) is 15.4. The van der Waals surface area contributed by atoms with E-state index in [-0.39, 0.29) is 19.9 Å². The van der Waals surface area contributed by atoms with Gasteiger partial charge in [-0.1, -0.05) is 11.6 Å². The molecule has 0 aliphatic heterocycles. The zero-order valence-electron chi connectivity index (χ0n) is 19.5. The first kappa shape index (κ1) is 27.1. The Morgan fingerprint density at radius 1 is 1.03 bits per heavy atom. The maximum absolute atomic E-state index is 13.2. The molecule has 0 spiro atoms. The Kier molecular flexibility index (Phi) is 7.64. The number of nitrogens with one attached hydrogen (secondary N) is 4. The second kappa shape index (κ2) is 11.0. The highest BCUT2D eigenvalue weighted by atomic mass is 79.9. The van der Waals surface area contributed by atoms with Crippen LogP contribution in [0, 0.1) is 0 Å². The quantitative estimate of drug-likeness (QED) is 0.185. The predicted octanol–water partition coefficient (Wildman–Crippen LogP) is 5.34. The van der Waals surface area contributed by atoms with Crippen LogP contribution in [0.1, 0.15) is 4.88 Å². The van der Waals surface area contributed by atoms with Crippen molar-refractivity contribution in [3.05, 3.63) is 101 Å². The van der Waals surface area contributed by atoms with E-state index in [0.717, 1.165) is 30.9 Å². The Bertz CT molecular complexity index is 1930. The van der Waals surface area contributed by atoms with Gasteiger partial charge in [0, 0.05) is 32.6 Å². The Labute approximate surface area is 242 Å². The third kappa shape index (κ3) is 6.09. The minimum Gasteiger partial charge on any atom is -0.380 e. The van der Waals surface area contributed by atoms with Gasteiger partial charge in [0.05, 0.1) is 20.9 Å². The predicted molar refractivity (Wildman–Crippen MR) is 158 cm³/mol. The number of benzene rings is 2. The van der Waals surface area contributed by atoms with Crippen LogP contribution in [0.5, 0.6) is 0 Å². The molecule has 2 amide bonds. The van der Waals surface area contributed by atoms with Gasteiger partial charge in [0.2, 0.25) is 0 Å². The van der Waals surface area contributed by atoms with Crippen LogP contribution in [0.25, 0.3) is 16.6 Å². The number of thiophene rings is 2. The van der Waals surface area contributed by atoms with Gasteiger partial charge in [-0.3, -0.25) is 4.79 Å². The van der Waals surface area contributed by atoms with Crippen molar-refractivity contribution in [1.82, 2.24) is 14.3 Å². The number of sulfonamides is 1. The number of fused-ring (bicyclic) bond motifs is 1. The second-order valence-electron chi connectivity index (χ2n) is 8.08. The zero-order valence-corrected chi connectivity index (χ0v) is 24.3. The number of urea groups is 1. The summed E-state index contributed by atoms with van der Waals surface area (Å²) in [4.78, 5) is 42.1. The maximum Gasteiger partial charge on any atom is 0.333 e. The van der Waals surface area contributed by atoms with Crippen LogP contribution in [-0.4, -0.2) is 24.0 Å². The van der Waals surface area contributed by atoms with Gasteiger partial charge in [-0.15, -0.1) is 22.7 Å². The average molecular weight is 667 g/mol. The van der Waals surface area contributed by atoms with E-state index in [9.17, 15) is 22.8 Å². The molecule has 0 saturated carbocycles. The van der Waals surface area contributed by atoms with Crippen molar-refractivity contribution in [3.8, 4) is 5.69 Å². The Morgan fingerprint density at radius 2 is 1.77 bits per heavy atom. The van der Waals surface area contributed by atoms with Crippen molar-refractivity contribution >= 4 is 88.5 Å². The third-order valence-electron chi connectivity index (χ3n) is 5.41. The fourth-order valence-corrected chi connectivity index (χ4v) is 7.44. The molecule has 0 radical (unpaired) electrons. The number of H-pyrrole nitrogens is 1. The summed E-state index contributed by atoms with van der Waals surface area (Å²) in [5, 5.41) is 7.98. The molecular formula is C24H17BrClN5O5S3. The molecule has 0 aliphatic rings. The van der Waals surface area contributed by atoms with Crippen molar-refractivity contribution in [1.29, 1.82) is 0 Å². The van der Waals surface area contributed by atoms with E-state index in [0.29, 0.717) is 17.4 Å². The minimum atomic E-state index is -4.09. The monoisotopic (exact) mass is 665 g/mol. The molecule has 3 heterocycles. The number of hydrogen-bond acceptors (Lipinski definition) is 8. The average Bonchev–Trinajstić information content (AvgIpc) is 3.51. The van der Waals surface area contributed by atoms with Crippen LogP contribution in [0.2, 0.25) is 4.34 Å². The van der Waals surface area contributed by atoms with Gasteiger partial charge in [-0.25, -0.2) is 27.3 Å². The maximum atomic E-state index is 13.2. The van der Waals surface area contributed by atoms with E-state index in [1.54, 1.807) is 29.5 Å². The van der Waals surface area contributed by atoms with Crippen molar-refractivity contribution in [2.75, 3.05) is 10.6 Å². The number of aromatic amines is 1. The highest BCUT2D eigenvalue weighted by Crippen LogP contribution is 2.25. The molecule has 2 aromatic carbocycles. The van der Waals surface area contributed by atoms with E-state index >= 15 is 0 Å². The number of carbonyl (C=O) groups excluding carboxylic acids is 1. The lowest BCUT2D eigenvalue weighted by Gasteiger charge is -2.10. The Morgan fingerprint density at radius 3 is 2.44 bits per heavy atom. The van der Waals surface area contributed by atoms with E-state index in [1.165, 1.54) is 36.4 Å². The summed E-state index contributed by atoms with van der Waals surface area (Å²) in [5.41, 5.74) is 0.502.